The molecular formula is C21H20F3N3O4S. The average molecular weight is 467 g/mol. The number of benzene rings is 2. The molecule has 4 rings (SSSR count). The molecule has 11 heteroatoms. The SMILES string of the molecule is Cn1nccc1CC1COc2cc(-c3ccccc3NS(=O)(=O)C(F)(F)F)ccc2C1O. The zero-order valence-electron chi connectivity index (χ0n) is 16.9. The van der Waals surface area contributed by atoms with Crippen LogP contribution in [0.2, 0.25) is 0 Å². The second-order valence-corrected chi connectivity index (χ2v) is 9.19. The van der Waals surface area contributed by atoms with E-state index in [2.05, 4.69) is 5.10 Å². The van der Waals surface area contributed by atoms with E-state index in [1.54, 1.807) is 39.9 Å². The number of nitrogens with zero attached hydrogens (tertiary/aromatic N) is 2. The largest absolute Gasteiger partial charge is 0.516 e. The third-order valence-electron chi connectivity index (χ3n) is 5.41. The Hall–Kier alpha value is -3.05. The summed E-state index contributed by atoms with van der Waals surface area (Å²) in [6, 6.07) is 12.5. The summed E-state index contributed by atoms with van der Waals surface area (Å²) in [4.78, 5) is 0. The van der Waals surface area contributed by atoms with Crippen LogP contribution in [-0.2, 0) is 23.5 Å². The first kappa shape index (κ1) is 22.2. The Morgan fingerprint density at radius 1 is 1.22 bits per heavy atom. The summed E-state index contributed by atoms with van der Waals surface area (Å²) < 4.78 is 70.8. The number of nitrogens with one attached hydrogen (secondary N) is 1. The minimum Gasteiger partial charge on any atom is -0.493 e. The first-order valence-corrected chi connectivity index (χ1v) is 11.2. The van der Waals surface area contributed by atoms with Gasteiger partial charge in [0, 0.05) is 36.0 Å². The molecule has 1 aliphatic rings. The third-order valence-corrected chi connectivity index (χ3v) is 6.51. The van der Waals surface area contributed by atoms with Gasteiger partial charge in [0.15, 0.2) is 0 Å². The number of aromatic nitrogens is 2. The van der Waals surface area contributed by atoms with Crippen LogP contribution in [0, 0.1) is 5.92 Å². The maximum absolute atomic E-state index is 12.8. The Kier molecular flexibility index (Phi) is 5.63. The number of sulfonamides is 1. The van der Waals surface area contributed by atoms with Crippen molar-refractivity contribution < 1.29 is 31.4 Å². The summed E-state index contributed by atoms with van der Waals surface area (Å²) in [5.74, 6) is 0.194. The number of fused-ring (bicyclic) bond motifs is 1. The van der Waals surface area contributed by atoms with Crippen LogP contribution in [0.5, 0.6) is 5.75 Å². The molecule has 0 spiro atoms. The van der Waals surface area contributed by atoms with Crippen molar-refractivity contribution in [3.8, 4) is 16.9 Å². The number of rotatable bonds is 5. The maximum Gasteiger partial charge on any atom is 0.516 e. The van der Waals surface area contributed by atoms with E-state index in [-0.39, 0.29) is 23.8 Å². The van der Waals surface area contributed by atoms with Gasteiger partial charge >= 0.3 is 15.5 Å². The molecule has 0 aliphatic carbocycles. The van der Waals surface area contributed by atoms with Crippen molar-refractivity contribution in [3.05, 3.63) is 66.0 Å². The van der Waals surface area contributed by atoms with Crippen LogP contribution >= 0.6 is 0 Å². The van der Waals surface area contributed by atoms with Crippen molar-refractivity contribution in [1.82, 2.24) is 9.78 Å². The number of aryl methyl sites for hydroxylation is 1. The molecule has 1 aliphatic heterocycles. The van der Waals surface area contributed by atoms with E-state index < -0.39 is 21.6 Å². The van der Waals surface area contributed by atoms with Crippen LogP contribution < -0.4 is 9.46 Å². The summed E-state index contributed by atoms with van der Waals surface area (Å²) in [6.07, 6.45) is 1.43. The molecule has 2 aromatic carbocycles. The molecule has 2 N–H and O–H groups in total. The molecule has 7 nitrogen and oxygen atoms in total. The number of hydrogen-bond donors (Lipinski definition) is 2. The normalized spacial score (nSPS) is 18.7. The fourth-order valence-corrected chi connectivity index (χ4v) is 4.26. The van der Waals surface area contributed by atoms with E-state index >= 15 is 0 Å². The first-order chi connectivity index (χ1) is 15.1. The molecule has 2 unspecified atom stereocenters. The molecule has 1 aromatic heterocycles. The van der Waals surface area contributed by atoms with Gasteiger partial charge in [-0.2, -0.15) is 26.7 Å². The highest BCUT2D eigenvalue weighted by Crippen LogP contribution is 2.41. The van der Waals surface area contributed by atoms with E-state index in [0.717, 1.165) is 5.69 Å². The van der Waals surface area contributed by atoms with Gasteiger partial charge in [-0.3, -0.25) is 9.40 Å². The Morgan fingerprint density at radius 3 is 2.66 bits per heavy atom. The van der Waals surface area contributed by atoms with Gasteiger partial charge in [0.05, 0.1) is 18.4 Å². The quantitative estimate of drug-likeness (QED) is 0.598. The van der Waals surface area contributed by atoms with E-state index in [4.69, 9.17) is 4.74 Å². The molecule has 2 atom stereocenters. The average Bonchev–Trinajstić information content (AvgIpc) is 3.13. The van der Waals surface area contributed by atoms with E-state index in [1.165, 1.54) is 18.2 Å². The number of hydrogen-bond acceptors (Lipinski definition) is 5. The Bertz CT molecular complexity index is 1240. The van der Waals surface area contributed by atoms with Gasteiger partial charge in [-0.05, 0) is 30.2 Å². The highest BCUT2D eigenvalue weighted by Gasteiger charge is 2.46. The number of alkyl halides is 3. The van der Waals surface area contributed by atoms with E-state index in [0.29, 0.717) is 23.3 Å². The molecule has 0 fully saturated rings. The molecule has 0 bridgehead atoms. The van der Waals surface area contributed by atoms with Crippen molar-refractivity contribution >= 4 is 15.7 Å². The minimum atomic E-state index is -5.57. The smallest absolute Gasteiger partial charge is 0.493 e. The summed E-state index contributed by atoms with van der Waals surface area (Å²) >= 11 is 0. The molecule has 0 saturated carbocycles. The Labute approximate surface area is 182 Å². The maximum atomic E-state index is 12.8. The molecule has 0 saturated heterocycles. The van der Waals surface area contributed by atoms with E-state index in [9.17, 15) is 26.7 Å². The van der Waals surface area contributed by atoms with Crippen LogP contribution in [-0.4, -0.2) is 35.4 Å². The highest BCUT2D eigenvalue weighted by atomic mass is 32.2. The predicted octanol–water partition coefficient (Wildman–Crippen LogP) is 3.63. The number of aliphatic hydroxyl groups excluding tert-OH is 1. The summed E-state index contributed by atoms with van der Waals surface area (Å²) in [5, 5.41) is 15.0. The van der Waals surface area contributed by atoms with Crippen molar-refractivity contribution in [2.24, 2.45) is 13.0 Å². The number of aliphatic hydroxyl groups is 1. The van der Waals surface area contributed by atoms with Crippen LogP contribution in [0.15, 0.2) is 54.7 Å². The number of ether oxygens (including phenoxy) is 1. The number of anilines is 1. The molecule has 0 radical (unpaired) electrons. The van der Waals surface area contributed by atoms with Crippen molar-refractivity contribution in [1.29, 1.82) is 0 Å². The lowest BCUT2D eigenvalue weighted by Gasteiger charge is -2.30. The van der Waals surface area contributed by atoms with Gasteiger partial charge in [0.25, 0.3) is 0 Å². The minimum absolute atomic E-state index is 0.199. The van der Waals surface area contributed by atoms with Gasteiger partial charge in [0.2, 0.25) is 0 Å². The van der Waals surface area contributed by atoms with Gasteiger partial charge in [-0.15, -0.1) is 0 Å². The van der Waals surface area contributed by atoms with Gasteiger partial charge in [-0.1, -0.05) is 30.3 Å². The Balaban J connectivity index is 1.62. The second-order valence-electron chi connectivity index (χ2n) is 7.52. The fraction of sp³-hybridized carbons (Fsp3) is 0.286. The first-order valence-electron chi connectivity index (χ1n) is 9.67. The van der Waals surface area contributed by atoms with Crippen LogP contribution in [0.25, 0.3) is 11.1 Å². The summed E-state index contributed by atoms with van der Waals surface area (Å²) in [5.41, 5.74) is -3.45. The fourth-order valence-electron chi connectivity index (χ4n) is 3.68. The molecule has 32 heavy (non-hydrogen) atoms. The van der Waals surface area contributed by atoms with Gasteiger partial charge in [0.1, 0.15) is 5.75 Å². The number of para-hydroxylation sites is 1. The topological polar surface area (TPSA) is 93.5 Å². The lowest BCUT2D eigenvalue weighted by molar-refractivity contribution is -0.0429. The van der Waals surface area contributed by atoms with Crippen LogP contribution in [0.4, 0.5) is 18.9 Å². The summed E-state index contributed by atoms with van der Waals surface area (Å²) in [7, 11) is -3.76. The summed E-state index contributed by atoms with van der Waals surface area (Å²) in [6.45, 7) is 0.241. The van der Waals surface area contributed by atoms with Crippen molar-refractivity contribution in [2.45, 2.75) is 18.0 Å². The molecular weight excluding hydrogens is 447 g/mol. The van der Waals surface area contributed by atoms with Gasteiger partial charge in [-0.25, -0.2) is 0 Å². The van der Waals surface area contributed by atoms with Gasteiger partial charge < -0.3 is 9.84 Å². The number of halogens is 3. The molecule has 2 heterocycles. The zero-order chi connectivity index (χ0) is 23.1. The monoisotopic (exact) mass is 467 g/mol. The zero-order valence-corrected chi connectivity index (χ0v) is 17.7. The lowest BCUT2D eigenvalue weighted by Crippen LogP contribution is -2.30. The van der Waals surface area contributed by atoms with Crippen molar-refractivity contribution in [2.75, 3.05) is 11.3 Å². The third kappa shape index (κ3) is 4.17. The highest BCUT2D eigenvalue weighted by molar-refractivity contribution is 7.93. The van der Waals surface area contributed by atoms with E-state index in [1.807, 2.05) is 13.1 Å². The molecule has 3 aromatic rings. The second kappa shape index (κ2) is 8.14. The van der Waals surface area contributed by atoms with Crippen molar-refractivity contribution in [3.63, 3.8) is 0 Å². The van der Waals surface area contributed by atoms with Crippen LogP contribution in [0.1, 0.15) is 17.4 Å². The molecule has 0 amide bonds. The molecule has 170 valence electrons. The lowest BCUT2D eigenvalue weighted by atomic mass is 9.88. The Morgan fingerprint density at radius 2 is 1.97 bits per heavy atom. The standard InChI is InChI=1S/C21H20F3N3O4S/c1-27-15(8-9-25-27)10-14-12-31-19-11-13(6-7-17(19)20(14)28)16-4-2-3-5-18(16)26-32(29,30)21(22,23)24/h2-9,11,14,20,26,28H,10,12H2,1H3. The van der Waals surface area contributed by atoms with Crippen LogP contribution in [0.3, 0.4) is 0 Å². The predicted molar refractivity (Wildman–Crippen MR) is 111 cm³/mol.